The van der Waals surface area contributed by atoms with E-state index in [-0.39, 0.29) is 29.7 Å². The van der Waals surface area contributed by atoms with Crippen molar-refractivity contribution in [2.24, 2.45) is 4.99 Å². The highest BCUT2D eigenvalue weighted by Gasteiger charge is 2.43. The highest BCUT2D eigenvalue weighted by molar-refractivity contribution is 6.34. The molecule has 7 nitrogen and oxygen atoms in total. The van der Waals surface area contributed by atoms with Gasteiger partial charge >= 0.3 is 0 Å². The summed E-state index contributed by atoms with van der Waals surface area (Å²) in [6.07, 6.45) is 2.71. The van der Waals surface area contributed by atoms with Crippen LogP contribution in [0.1, 0.15) is 31.7 Å². The highest BCUT2D eigenvalue weighted by Crippen LogP contribution is 2.50. The van der Waals surface area contributed by atoms with Gasteiger partial charge in [-0.25, -0.2) is 14.4 Å². The molecule has 4 heterocycles. The lowest BCUT2D eigenvalue weighted by Gasteiger charge is -2.35. The molecule has 5 rings (SSSR count). The fourth-order valence-electron chi connectivity index (χ4n) is 4.73. The summed E-state index contributed by atoms with van der Waals surface area (Å²) >= 11 is 6.59. The quantitative estimate of drug-likeness (QED) is 0.748. The van der Waals surface area contributed by atoms with Crippen LogP contribution in [0, 0.1) is 5.82 Å². The molecule has 0 amide bonds. The molecule has 9 heteroatoms. The van der Waals surface area contributed by atoms with Crippen LogP contribution in [0.25, 0.3) is 11.3 Å². The average molecular weight is 447 g/mol. The first-order valence-corrected chi connectivity index (χ1v) is 10.9. The van der Waals surface area contributed by atoms with Gasteiger partial charge in [-0.1, -0.05) is 11.6 Å². The first-order valence-electron chi connectivity index (χ1n) is 10.5. The van der Waals surface area contributed by atoms with Crippen LogP contribution >= 0.6 is 11.6 Å². The number of aliphatic imine (C=N–C) groups is 1. The molecule has 0 radical (unpaired) electrons. The van der Waals surface area contributed by atoms with Crippen molar-refractivity contribution in [3.8, 4) is 11.3 Å². The summed E-state index contributed by atoms with van der Waals surface area (Å²) in [5.41, 5.74) is 3.28. The number of aliphatic hydroxyl groups is 1. The van der Waals surface area contributed by atoms with E-state index in [2.05, 4.69) is 15.3 Å². The van der Waals surface area contributed by atoms with Crippen molar-refractivity contribution in [2.75, 3.05) is 31.7 Å². The zero-order chi connectivity index (χ0) is 21.6. The highest BCUT2D eigenvalue weighted by atomic mass is 35.5. The number of nitrogens with one attached hydrogen (secondary N) is 1. The van der Waals surface area contributed by atoms with Crippen LogP contribution in [0.2, 0.25) is 5.02 Å². The second-order valence-corrected chi connectivity index (χ2v) is 8.73. The molecule has 1 aromatic heterocycles. The van der Waals surface area contributed by atoms with Crippen molar-refractivity contribution in [1.29, 1.82) is 0 Å². The molecule has 0 bridgehead atoms. The molecular weight excluding hydrogens is 423 g/mol. The third-order valence-electron chi connectivity index (χ3n) is 6.56. The first-order chi connectivity index (χ1) is 15.0. The topological polar surface area (TPSA) is 88.9 Å². The van der Waals surface area contributed by atoms with E-state index in [1.807, 2.05) is 13.0 Å². The van der Waals surface area contributed by atoms with E-state index in [0.29, 0.717) is 36.8 Å². The fourth-order valence-corrected chi connectivity index (χ4v) is 4.99. The minimum atomic E-state index is -0.672. The van der Waals surface area contributed by atoms with Gasteiger partial charge in [0.25, 0.3) is 0 Å². The molecule has 2 saturated heterocycles. The second kappa shape index (κ2) is 8.09. The lowest BCUT2D eigenvalue weighted by molar-refractivity contribution is -0.0136. The van der Waals surface area contributed by atoms with Gasteiger partial charge in [0.15, 0.2) is 5.82 Å². The largest absolute Gasteiger partial charge is 0.389 e. The average Bonchev–Trinajstić information content (AvgIpc) is 3.03. The summed E-state index contributed by atoms with van der Waals surface area (Å²) in [4.78, 5) is 13.2. The number of nitrogens with zero attached hydrogens (tertiary/aromatic N) is 3. The number of ether oxygens (including phenoxy) is 2. The molecule has 0 saturated carbocycles. The minimum Gasteiger partial charge on any atom is -0.389 e. The van der Waals surface area contributed by atoms with E-state index >= 15 is 0 Å². The maximum Gasteiger partial charge on any atom is 0.223 e. The number of benzene rings is 1. The summed E-state index contributed by atoms with van der Waals surface area (Å²) in [5.74, 6) is -0.280. The molecule has 2 N–H and O–H groups in total. The summed E-state index contributed by atoms with van der Waals surface area (Å²) < 4.78 is 25.6. The van der Waals surface area contributed by atoms with Gasteiger partial charge in [-0.05, 0) is 43.9 Å². The van der Waals surface area contributed by atoms with Crippen molar-refractivity contribution in [3.05, 3.63) is 34.7 Å². The van der Waals surface area contributed by atoms with E-state index in [9.17, 15) is 9.50 Å². The Morgan fingerprint density at radius 2 is 2.03 bits per heavy atom. The van der Waals surface area contributed by atoms with Gasteiger partial charge in [-0.15, -0.1) is 0 Å². The van der Waals surface area contributed by atoms with Gasteiger partial charge in [0.1, 0.15) is 5.69 Å². The molecule has 2 fully saturated rings. The zero-order valence-corrected chi connectivity index (χ0v) is 18.0. The van der Waals surface area contributed by atoms with Crippen LogP contribution in [0.15, 0.2) is 23.3 Å². The minimum absolute atomic E-state index is 0.163. The summed E-state index contributed by atoms with van der Waals surface area (Å²) in [7, 11) is 0. The van der Waals surface area contributed by atoms with E-state index in [4.69, 9.17) is 26.1 Å². The zero-order valence-electron chi connectivity index (χ0n) is 17.2. The maximum absolute atomic E-state index is 14.8. The van der Waals surface area contributed by atoms with Gasteiger partial charge in [-0.2, -0.15) is 0 Å². The van der Waals surface area contributed by atoms with Gasteiger partial charge in [0, 0.05) is 36.5 Å². The molecule has 3 aliphatic heterocycles. The van der Waals surface area contributed by atoms with Crippen molar-refractivity contribution < 1.29 is 19.0 Å². The number of rotatable bonds is 3. The van der Waals surface area contributed by atoms with E-state index in [1.54, 1.807) is 6.07 Å². The smallest absolute Gasteiger partial charge is 0.223 e. The second-order valence-electron chi connectivity index (χ2n) is 8.32. The summed E-state index contributed by atoms with van der Waals surface area (Å²) in [6, 6.07) is 3.40. The van der Waals surface area contributed by atoms with Crippen LogP contribution in [-0.4, -0.2) is 59.4 Å². The lowest BCUT2D eigenvalue weighted by Crippen LogP contribution is -2.42. The van der Waals surface area contributed by atoms with Crippen molar-refractivity contribution in [1.82, 2.24) is 9.97 Å². The fraction of sp³-hybridized carbons (Fsp3) is 0.500. The lowest BCUT2D eigenvalue weighted by atomic mass is 9.72. The van der Waals surface area contributed by atoms with Gasteiger partial charge in [0.05, 0.1) is 35.7 Å². The van der Waals surface area contributed by atoms with Gasteiger partial charge in [-0.3, -0.25) is 4.99 Å². The number of aromatic nitrogens is 2. The molecule has 0 unspecified atom stereocenters. The van der Waals surface area contributed by atoms with Crippen LogP contribution in [0.5, 0.6) is 0 Å². The van der Waals surface area contributed by atoms with E-state index in [0.717, 1.165) is 36.0 Å². The van der Waals surface area contributed by atoms with Gasteiger partial charge in [0.2, 0.25) is 5.95 Å². The molecule has 2 atom stereocenters. The molecule has 2 aromatic rings. The maximum atomic E-state index is 14.8. The SMILES string of the molecule is CC1=Nc2c(Cl)cc(-c3nc(N[C@@H]4CCOC[C@H]4O)ncc3F)cc2C12CCOCC2. The molecule has 0 aliphatic carbocycles. The third-order valence-corrected chi connectivity index (χ3v) is 6.84. The standard InChI is InChI=1S/C22H24ClFN4O3/c1-12-22(3-6-30-7-4-22)14-8-13(9-15(23)20(14)26-12)19-16(24)10-25-21(28-19)27-17-2-5-31-11-18(17)29/h8-10,17-18,29H,2-7,11H2,1H3,(H,25,27,28)/t17-,18-/m1/s1. The third kappa shape index (κ3) is 3.61. The normalized spacial score (nSPS) is 24.7. The molecule has 164 valence electrons. The van der Waals surface area contributed by atoms with E-state index in [1.165, 1.54) is 0 Å². The van der Waals surface area contributed by atoms with Crippen LogP contribution < -0.4 is 5.32 Å². The number of hydrogen-bond acceptors (Lipinski definition) is 7. The Bertz CT molecular complexity index is 1040. The van der Waals surface area contributed by atoms with E-state index < -0.39 is 11.9 Å². The van der Waals surface area contributed by atoms with Crippen molar-refractivity contribution in [3.63, 3.8) is 0 Å². The molecule has 1 spiro atoms. The molecular formula is C22H24ClFN4O3. The Morgan fingerprint density at radius 1 is 1.23 bits per heavy atom. The Morgan fingerprint density at radius 3 is 2.81 bits per heavy atom. The monoisotopic (exact) mass is 446 g/mol. The Hall–Kier alpha value is -2.13. The first kappa shape index (κ1) is 20.8. The summed E-state index contributed by atoms with van der Waals surface area (Å²) in [6.45, 7) is 4.11. The number of aliphatic hydroxyl groups excluding tert-OH is 1. The Kier molecular flexibility index (Phi) is 5.42. The van der Waals surface area contributed by atoms with Crippen LogP contribution in [-0.2, 0) is 14.9 Å². The number of hydrogen-bond donors (Lipinski definition) is 2. The van der Waals surface area contributed by atoms with Crippen LogP contribution in [0.3, 0.4) is 0 Å². The predicted molar refractivity (Wildman–Crippen MR) is 116 cm³/mol. The van der Waals surface area contributed by atoms with Crippen molar-refractivity contribution >= 4 is 28.9 Å². The Labute approximate surface area is 184 Å². The number of halogens is 2. The summed E-state index contributed by atoms with van der Waals surface area (Å²) in [5, 5.41) is 13.7. The Balaban J connectivity index is 1.52. The predicted octanol–water partition coefficient (Wildman–Crippen LogP) is 3.65. The number of fused-ring (bicyclic) bond motifs is 2. The van der Waals surface area contributed by atoms with Crippen molar-refractivity contribution in [2.45, 2.75) is 43.7 Å². The molecule has 1 aromatic carbocycles. The number of anilines is 1. The van der Waals surface area contributed by atoms with Gasteiger partial charge < -0.3 is 19.9 Å². The molecule has 31 heavy (non-hydrogen) atoms. The van der Waals surface area contributed by atoms with Crippen LogP contribution in [0.4, 0.5) is 16.0 Å². The molecule has 3 aliphatic rings.